The third kappa shape index (κ3) is 3.12. The van der Waals surface area contributed by atoms with Crippen molar-refractivity contribution in [3.8, 4) is 0 Å². The standard InChI is InChI=1S/C21H28N4O3/c1-21(2)14(9-22)8-17(21)23-10-12-3-4-13-11-25(20(28)15(13)7-12)16-5-6-18(26)24-19(16)27/h3-4,7,14,16-17,23H,5-6,8-11,22H2,1-2H3,(H,24,26,27). The van der Waals surface area contributed by atoms with E-state index in [1.165, 1.54) is 0 Å². The Morgan fingerprint density at radius 1 is 1.29 bits per heavy atom. The highest BCUT2D eigenvalue weighted by molar-refractivity contribution is 6.05. The van der Waals surface area contributed by atoms with E-state index in [0.717, 1.165) is 17.5 Å². The van der Waals surface area contributed by atoms with Crippen LogP contribution in [0.3, 0.4) is 0 Å². The number of nitrogens with one attached hydrogen (secondary N) is 2. The normalized spacial score (nSPS) is 28.8. The molecule has 150 valence electrons. The number of benzene rings is 1. The molecule has 28 heavy (non-hydrogen) atoms. The van der Waals surface area contributed by atoms with E-state index in [4.69, 9.17) is 5.73 Å². The zero-order chi connectivity index (χ0) is 20.1. The Bertz CT molecular complexity index is 835. The molecule has 4 N–H and O–H groups in total. The Morgan fingerprint density at radius 3 is 2.75 bits per heavy atom. The smallest absolute Gasteiger partial charge is 0.255 e. The molecule has 0 spiro atoms. The van der Waals surface area contributed by atoms with Gasteiger partial charge in [0.2, 0.25) is 11.8 Å². The Hall–Kier alpha value is -2.25. The van der Waals surface area contributed by atoms with Crippen LogP contribution in [-0.4, -0.2) is 41.2 Å². The number of amides is 3. The van der Waals surface area contributed by atoms with Gasteiger partial charge in [-0.15, -0.1) is 0 Å². The van der Waals surface area contributed by atoms with Gasteiger partial charge in [0.25, 0.3) is 5.91 Å². The molecule has 3 aliphatic rings. The van der Waals surface area contributed by atoms with Gasteiger partial charge in [-0.1, -0.05) is 26.0 Å². The van der Waals surface area contributed by atoms with E-state index >= 15 is 0 Å². The topological polar surface area (TPSA) is 105 Å². The molecule has 1 aliphatic carbocycles. The van der Waals surface area contributed by atoms with Crippen molar-refractivity contribution in [1.29, 1.82) is 0 Å². The van der Waals surface area contributed by atoms with Crippen LogP contribution in [0.1, 0.15) is 54.6 Å². The molecular formula is C21H28N4O3. The van der Waals surface area contributed by atoms with E-state index in [0.29, 0.717) is 43.6 Å². The molecule has 1 saturated carbocycles. The summed E-state index contributed by atoms with van der Waals surface area (Å²) < 4.78 is 0. The lowest BCUT2D eigenvalue weighted by molar-refractivity contribution is -0.136. The SMILES string of the molecule is CC1(C)C(CN)CC1NCc1ccc2c(c1)C(=O)N(C1CCC(=O)NC1=O)C2. The lowest BCUT2D eigenvalue weighted by Gasteiger charge is -2.52. The average Bonchev–Trinajstić information content (AvgIpc) is 2.97. The van der Waals surface area contributed by atoms with Crippen molar-refractivity contribution in [1.82, 2.24) is 15.5 Å². The summed E-state index contributed by atoms with van der Waals surface area (Å²) in [5, 5.41) is 5.94. The first-order valence-corrected chi connectivity index (χ1v) is 10.0. The maximum absolute atomic E-state index is 12.9. The average molecular weight is 384 g/mol. The summed E-state index contributed by atoms with van der Waals surface area (Å²) in [6.07, 6.45) is 1.74. The summed E-state index contributed by atoms with van der Waals surface area (Å²) in [7, 11) is 0. The van der Waals surface area contributed by atoms with Crippen molar-refractivity contribution in [2.75, 3.05) is 6.54 Å². The molecule has 2 aliphatic heterocycles. The Balaban J connectivity index is 1.42. The second kappa shape index (κ2) is 6.97. The first-order chi connectivity index (χ1) is 13.3. The highest BCUT2D eigenvalue weighted by Crippen LogP contribution is 2.45. The summed E-state index contributed by atoms with van der Waals surface area (Å²) in [4.78, 5) is 38.0. The minimum atomic E-state index is -0.567. The summed E-state index contributed by atoms with van der Waals surface area (Å²) in [6, 6.07) is 5.81. The Labute approximate surface area is 165 Å². The van der Waals surface area contributed by atoms with Crippen molar-refractivity contribution in [2.45, 2.75) is 58.3 Å². The predicted octanol–water partition coefficient (Wildman–Crippen LogP) is 0.911. The molecule has 7 heteroatoms. The number of carbonyl (C=O) groups is 3. The fourth-order valence-corrected chi connectivity index (χ4v) is 4.72. The molecule has 0 radical (unpaired) electrons. The van der Waals surface area contributed by atoms with E-state index in [1.807, 2.05) is 18.2 Å². The predicted molar refractivity (Wildman–Crippen MR) is 104 cm³/mol. The minimum Gasteiger partial charge on any atom is -0.330 e. The summed E-state index contributed by atoms with van der Waals surface area (Å²) in [5.74, 6) is -0.220. The summed E-state index contributed by atoms with van der Waals surface area (Å²) in [6.45, 7) is 6.33. The number of nitrogens with zero attached hydrogens (tertiary/aromatic N) is 1. The van der Waals surface area contributed by atoms with Crippen molar-refractivity contribution in [3.05, 3.63) is 34.9 Å². The van der Waals surface area contributed by atoms with Crippen molar-refractivity contribution in [2.24, 2.45) is 17.1 Å². The van der Waals surface area contributed by atoms with Crippen LogP contribution >= 0.6 is 0 Å². The summed E-state index contributed by atoms with van der Waals surface area (Å²) in [5.41, 5.74) is 8.67. The number of piperidine rings is 1. The van der Waals surface area contributed by atoms with E-state index in [1.54, 1.807) is 4.90 Å². The van der Waals surface area contributed by atoms with Crippen LogP contribution in [0.5, 0.6) is 0 Å². The maximum Gasteiger partial charge on any atom is 0.255 e. The van der Waals surface area contributed by atoms with Gasteiger partial charge in [0, 0.05) is 31.1 Å². The first kappa shape index (κ1) is 19.1. The molecule has 2 fully saturated rings. The fraction of sp³-hybridized carbons (Fsp3) is 0.571. The number of nitrogens with two attached hydrogens (primary N) is 1. The van der Waals surface area contributed by atoms with E-state index < -0.39 is 6.04 Å². The molecule has 7 nitrogen and oxygen atoms in total. The van der Waals surface area contributed by atoms with Crippen LogP contribution in [0.15, 0.2) is 18.2 Å². The number of hydrogen-bond donors (Lipinski definition) is 3. The van der Waals surface area contributed by atoms with Gasteiger partial charge >= 0.3 is 0 Å². The van der Waals surface area contributed by atoms with Crippen molar-refractivity contribution < 1.29 is 14.4 Å². The Kier molecular flexibility index (Phi) is 4.75. The summed E-state index contributed by atoms with van der Waals surface area (Å²) >= 11 is 0. The van der Waals surface area contributed by atoms with Crippen LogP contribution in [0.25, 0.3) is 0 Å². The largest absolute Gasteiger partial charge is 0.330 e. The molecule has 3 unspecified atom stereocenters. The van der Waals surface area contributed by atoms with Gasteiger partial charge < -0.3 is 16.0 Å². The van der Waals surface area contributed by atoms with Crippen LogP contribution in [0.2, 0.25) is 0 Å². The minimum absolute atomic E-state index is 0.126. The van der Waals surface area contributed by atoms with Crippen LogP contribution in [0.4, 0.5) is 0 Å². The van der Waals surface area contributed by atoms with E-state index in [-0.39, 0.29) is 29.6 Å². The Morgan fingerprint density at radius 2 is 2.07 bits per heavy atom. The highest BCUT2D eigenvalue weighted by atomic mass is 16.2. The quantitative estimate of drug-likeness (QED) is 0.655. The molecule has 1 saturated heterocycles. The van der Waals surface area contributed by atoms with Gasteiger partial charge in [0.05, 0.1) is 0 Å². The van der Waals surface area contributed by atoms with Gasteiger partial charge in [-0.3, -0.25) is 19.7 Å². The van der Waals surface area contributed by atoms with Gasteiger partial charge in [0.15, 0.2) is 0 Å². The molecular weight excluding hydrogens is 356 g/mol. The third-order valence-electron chi connectivity index (χ3n) is 6.90. The molecule has 4 rings (SSSR count). The fourth-order valence-electron chi connectivity index (χ4n) is 4.72. The van der Waals surface area contributed by atoms with Gasteiger partial charge in [0.1, 0.15) is 6.04 Å². The second-order valence-corrected chi connectivity index (χ2v) is 8.81. The maximum atomic E-state index is 12.9. The second-order valence-electron chi connectivity index (χ2n) is 8.81. The number of fused-ring (bicyclic) bond motifs is 1. The number of hydrogen-bond acceptors (Lipinski definition) is 5. The number of carbonyl (C=O) groups excluding carboxylic acids is 3. The molecule has 3 atom stereocenters. The zero-order valence-corrected chi connectivity index (χ0v) is 16.5. The zero-order valence-electron chi connectivity index (χ0n) is 16.5. The molecule has 0 bridgehead atoms. The van der Waals surface area contributed by atoms with Crippen LogP contribution < -0.4 is 16.4 Å². The molecule has 1 aromatic rings. The number of rotatable bonds is 5. The van der Waals surface area contributed by atoms with Crippen molar-refractivity contribution >= 4 is 17.7 Å². The van der Waals surface area contributed by atoms with Crippen LogP contribution in [0, 0.1) is 11.3 Å². The lowest BCUT2D eigenvalue weighted by atomic mass is 9.58. The van der Waals surface area contributed by atoms with Crippen LogP contribution in [-0.2, 0) is 22.7 Å². The van der Waals surface area contributed by atoms with Gasteiger partial charge in [-0.25, -0.2) is 0 Å². The molecule has 2 heterocycles. The first-order valence-electron chi connectivity index (χ1n) is 10.0. The molecule has 1 aromatic carbocycles. The van der Waals surface area contributed by atoms with Gasteiger partial charge in [-0.2, -0.15) is 0 Å². The van der Waals surface area contributed by atoms with Gasteiger partial charge in [-0.05, 0) is 47.9 Å². The monoisotopic (exact) mass is 384 g/mol. The third-order valence-corrected chi connectivity index (χ3v) is 6.90. The van der Waals surface area contributed by atoms with E-state index in [9.17, 15) is 14.4 Å². The molecule has 3 amide bonds. The van der Waals surface area contributed by atoms with Crippen molar-refractivity contribution in [3.63, 3.8) is 0 Å². The highest BCUT2D eigenvalue weighted by Gasteiger charge is 2.46. The lowest BCUT2D eigenvalue weighted by Crippen LogP contribution is -2.58. The number of imide groups is 1. The van der Waals surface area contributed by atoms with E-state index in [2.05, 4.69) is 24.5 Å². The molecule has 0 aromatic heterocycles.